The summed E-state index contributed by atoms with van der Waals surface area (Å²) in [6, 6.07) is 7.75. The first-order valence-electron chi connectivity index (χ1n) is 11.6. The Morgan fingerprint density at radius 3 is 1.49 bits per heavy atom. The highest BCUT2D eigenvalue weighted by Crippen LogP contribution is 2.24. The van der Waals surface area contributed by atoms with Crippen LogP contribution in [0.4, 0.5) is 11.4 Å². The molecule has 0 aliphatic heterocycles. The number of nitro benzene ring substituents is 2. The van der Waals surface area contributed by atoms with E-state index in [1.807, 2.05) is 0 Å². The van der Waals surface area contributed by atoms with Crippen molar-refractivity contribution in [2.24, 2.45) is 0 Å². The molecule has 0 aromatic heterocycles. The first kappa shape index (κ1) is 32.6. The second-order valence-electron chi connectivity index (χ2n) is 10.1. The van der Waals surface area contributed by atoms with E-state index in [1.165, 1.54) is 31.2 Å². The van der Waals surface area contributed by atoms with Gasteiger partial charge in [0.2, 0.25) is 0 Å². The van der Waals surface area contributed by atoms with Crippen LogP contribution in [0.15, 0.2) is 36.4 Å². The summed E-state index contributed by atoms with van der Waals surface area (Å²) in [6.45, 7) is 10.8. The number of hydrogen-bond acceptors (Lipinski definition) is 11. The zero-order valence-corrected chi connectivity index (χ0v) is 22.8. The fraction of sp³-hybridized carbons (Fsp3) is 0.423. The van der Waals surface area contributed by atoms with Gasteiger partial charge in [-0.15, -0.1) is 0 Å². The number of benzene rings is 2. The number of aliphatic hydroxyl groups is 1. The summed E-state index contributed by atoms with van der Waals surface area (Å²) in [5.74, 6) is -1.82. The Hall–Kier alpha value is -4.39. The second kappa shape index (κ2) is 13.4. The molecule has 13 heteroatoms. The van der Waals surface area contributed by atoms with Gasteiger partial charge in [0, 0.05) is 19.1 Å². The number of esters is 3. The number of carbonyl (C=O) groups excluding carboxylic acids is 3. The summed E-state index contributed by atoms with van der Waals surface area (Å²) < 4.78 is 15.0. The maximum Gasteiger partial charge on any atom is 0.338 e. The molecule has 0 bridgehead atoms. The number of carbonyl (C=O) groups is 3. The largest absolute Gasteiger partial charge is 0.461 e. The molecule has 0 fully saturated rings. The average molecular weight is 549 g/mol. The van der Waals surface area contributed by atoms with Crippen LogP contribution in [0.2, 0.25) is 0 Å². The van der Waals surface area contributed by atoms with E-state index >= 15 is 0 Å². The highest BCUT2D eigenvalue weighted by Gasteiger charge is 2.23. The minimum atomic E-state index is -0.692. The lowest BCUT2D eigenvalue weighted by atomic mass is 10.1. The number of nitrogens with zero attached hydrogens (tertiary/aromatic N) is 2. The minimum absolute atomic E-state index is 0.0724. The van der Waals surface area contributed by atoms with E-state index in [0.29, 0.717) is 0 Å². The Labute approximate surface area is 225 Å². The van der Waals surface area contributed by atoms with Crippen molar-refractivity contribution in [1.82, 2.24) is 0 Å². The van der Waals surface area contributed by atoms with E-state index < -0.39 is 45.6 Å². The van der Waals surface area contributed by atoms with Crippen LogP contribution in [-0.4, -0.2) is 44.1 Å². The molecule has 212 valence electrons. The summed E-state index contributed by atoms with van der Waals surface area (Å²) >= 11 is 0. The van der Waals surface area contributed by atoms with Gasteiger partial charge >= 0.3 is 17.9 Å². The molecule has 0 heterocycles. The smallest absolute Gasteiger partial charge is 0.338 e. The molecular weight excluding hydrogens is 516 g/mol. The van der Waals surface area contributed by atoms with Gasteiger partial charge in [-0.05, 0) is 65.8 Å². The SMILES string of the molecule is CC(=O)OCc1ccc(C(=O)OC(C)(C)C)cc1[N+](=O)[O-].CC(C)(C)OC(=O)c1ccc(CO)c([N+](=O)[O-])c1. The van der Waals surface area contributed by atoms with Gasteiger partial charge in [0.1, 0.15) is 17.8 Å². The molecule has 0 saturated heterocycles. The van der Waals surface area contributed by atoms with Crippen molar-refractivity contribution in [1.29, 1.82) is 0 Å². The fourth-order valence-corrected chi connectivity index (χ4v) is 2.83. The summed E-state index contributed by atoms with van der Waals surface area (Å²) in [7, 11) is 0. The van der Waals surface area contributed by atoms with Crippen LogP contribution in [0, 0.1) is 20.2 Å². The van der Waals surface area contributed by atoms with Crippen molar-refractivity contribution in [3.63, 3.8) is 0 Å². The summed E-state index contributed by atoms with van der Waals surface area (Å²) in [4.78, 5) is 54.9. The molecule has 0 spiro atoms. The van der Waals surface area contributed by atoms with Gasteiger partial charge in [0.05, 0.1) is 38.7 Å². The third-order valence-corrected chi connectivity index (χ3v) is 4.43. The minimum Gasteiger partial charge on any atom is -0.461 e. The van der Waals surface area contributed by atoms with Crippen LogP contribution in [0.25, 0.3) is 0 Å². The molecule has 0 saturated carbocycles. The topological polar surface area (TPSA) is 185 Å². The Morgan fingerprint density at radius 1 is 0.769 bits per heavy atom. The molecule has 2 aromatic carbocycles. The molecule has 0 atom stereocenters. The molecule has 0 amide bonds. The molecule has 1 N–H and O–H groups in total. The lowest BCUT2D eigenvalue weighted by molar-refractivity contribution is -0.386. The van der Waals surface area contributed by atoms with E-state index in [9.17, 15) is 34.6 Å². The van der Waals surface area contributed by atoms with Gasteiger partial charge in [-0.3, -0.25) is 25.0 Å². The summed E-state index contributed by atoms with van der Waals surface area (Å²) in [6.07, 6.45) is 0. The van der Waals surface area contributed by atoms with Gasteiger partial charge in [0.25, 0.3) is 11.4 Å². The molecule has 2 rings (SSSR count). The van der Waals surface area contributed by atoms with Crippen molar-refractivity contribution in [2.75, 3.05) is 0 Å². The number of ether oxygens (including phenoxy) is 3. The van der Waals surface area contributed by atoms with E-state index in [-0.39, 0.29) is 40.2 Å². The third-order valence-electron chi connectivity index (χ3n) is 4.43. The zero-order chi connectivity index (χ0) is 30.1. The third kappa shape index (κ3) is 11.3. The van der Waals surface area contributed by atoms with Crippen molar-refractivity contribution >= 4 is 29.3 Å². The van der Waals surface area contributed by atoms with Crippen LogP contribution in [-0.2, 0) is 32.2 Å². The van der Waals surface area contributed by atoms with Crippen LogP contribution in [0.1, 0.15) is 80.3 Å². The normalized spacial score (nSPS) is 11.0. The monoisotopic (exact) mass is 548 g/mol. The Morgan fingerprint density at radius 2 is 1.15 bits per heavy atom. The first-order chi connectivity index (χ1) is 17.8. The number of aliphatic hydroxyl groups excluding tert-OH is 1. The highest BCUT2D eigenvalue weighted by molar-refractivity contribution is 5.91. The lowest BCUT2D eigenvalue weighted by Crippen LogP contribution is -2.24. The molecule has 39 heavy (non-hydrogen) atoms. The van der Waals surface area contributed by atoms with Crippen molar-refractivity contribution in [3.8, 4) is 0 Å². The van der Waals surface area contributed by atoms with Crippen LogP contribution >= 0.6 is 0 Å². The highest BCUT2D eigenvalue weighted by atomic mass is 16.6. The van der Waals surface area contributed by atoms with Crippen molar-refractivity contribution < 1.29 is 43.5 Å². The fourth-order valence-electron chi connectivity index (χ4n) is 2.83. The Bertz CT molecular complexity index is 1240. The maximum atomic E-state index is 11.9. The molecule has 0 aliphatic carbocycles. The van der Waals surface area contributed by atoms with Crippen molar-refractivity contribution in [2.45, 2.75) is 72.9 Å². The number of hydrogen-bond donors (Lipinski definition) is 1. The standard InChI is InChI=1S/C14H17NO6.C12H15NO5/c1-9(16)20-8-11-6-5-10(7-12(11)15(18)19)13(17)21-14(2,3)4;1-12(2,3)18-11(15)8-4-5-9(7-14)10(6-8)13(16)17/h5-7H,8H2,1-4H3;4-6,14H,7H2,1-3H3. The van der Waals surface area contributed by atoms with E-state index in [0.717, 1.165) is 12.1 Å². The zero-order valence-electron chi connectivity index (χ0n) is 22.8. The van der Waals surface area contributed by atoms with Crippen molar-refractivity contribution in [3.05, 3.63) is 78.9 Å². The lowest BCUT2D eigenvalue weighted by Gasteiger charge is -2.19. The average Bonchev–Trinajstić information content (AvgIpc) is 2.80. The van der Waals surface area contributed by atoms with E-state index in [1.54, 1.807) is 41.5 Å². The summed E-state index contributed by atoms with van der Waals surface area (Å²) in [5, 5.41) is 30.8. The predicted octanol–water partition coefficient (Wildman–Crippen LogP) is 4.66. The van der Waals surface area contributed by atoms with Gasteiger partial charge in [0.15, 0.2) is 0 Å². The van der Waals surface area contributed by atoms with Gasteiger partial charge in [-0.2, -0.15) is 0 Å². The van der Waals surface area contributed by atoms with Gasteiger partial charge in [-0.25, -0.2) is 9.59 Å². The van der Waals surface area contributed by atoms with Crippen LogP contribution in [0.3, 0.4) is 0 Å². The number of nitro groups is 2. The first-order valence-corrected chi connectivity index (χ1v) is 11.6. The predicted molar refractivity (Wildman–Crippen MR) is 138 cm³/mol. The molecule has 13 nitrogen and oxygen atoms in total. The Kier molecular flexibility index (Phi) is 11.2. The molecule has 0 unspecified atom stereocenters. The molecule has 0 aliphatic rings. The molecule has 2 aromatic rings. The van der Waals surface area contributed by atoms with Crippen LogP contribution in [0.5, 0.6) is 0 Å². The number of rotatable bonds is 7. The Balaban J connectivity index is 0.000000395. The van der Waals surface area contributed by atoms with E-state index in [2.05, 4.69) is 0 Å². The van der Waals surface area contributed by atoms with E-state index in [4.69, 9.17) is 19.3 Å². The molecule has 0 radical (unpaired) electrons. The van der Waals surface area contributed by atoms with Crippen LogP contribution < -0.4 is 0 Å². The second-order valence-corrected chi connectivity index (χ2v) is 10.1. The maximum absolute atomic E-state index is 11.9. The quantitative estimate of drug-likeness (QED) is 0.219. The summed E-state index contributed by atoms with van der Waals surface area (Å²) in [5.41, 5.74) is -1.41. The van der Waals surface area contributed by atoms with Gasteiger partial charge in [-0.1, -0.05) is 0 Å². The van der Waals surface area contributed by atoms with Gasteiger partial charge < -0.3 is 19.3 Å². The molecular formula is C26H32N2O11.